The maximum absolute atomic E-state index is 12.3. The summed E-state index contributed by atoms with van der Waals surface area (Å²) in [6.45, 7) is 1.05. The zero-order chi connectivity index (χ0) is 14.2. The van der Waals surface area contributed by atoms with Crippen molar-refractivity contribution in [2.75, 3.05) is 13.1 Å². The fraction of sp³-hybridized carbons (Fsp3) is 0.333. The lowest BCUT2D eigenvalue weighted by Gasteiger charge is -2.12. The van der Waals surface area contributed by atoms with Crippen LogP contribution in [0.25, 0.3) is 11.5 Å². The molecule has 2 aromatic heterocycles. The molecular formula is C12H13N3O4S. The molecule has 8 heteroatoms. The minimum atomic E-state index is -3.57. The Balaban J connectivity index is 1.94. The molecule has 0 atom stereocenters. The number of hydrogen-bond donors (Lipinski definition) is 1. The normalized spacial score (nSPS) is 16.6. The molecule has 0 aliphatic carbocycles. The van der Waals surface area contributed by atoms with Crippen LogP contribution in [0.4, 0.5) is 0 Å². The molecule has 1 saturated heterocycles. The fourth-order valence-corrected chi connectivity index (χ4v) is 3.56. The van der Waals surface area contributed by atoms with E-state index in [9.17, 15) is 13.2 Å². The molecule has 3 rings (SSSR count). The number of nitrogens with one attached hydrogen (secondary N) is 1. The molecular weight excluding hydrogens is 282 g/mol. The number of rotatable bonds is 3. The lowest BCUT2D eigenvalue weighted by atomic mass is 10.3. The standard InChI is InChI=1S/C12H13N3O4S/c16-11-5-3-9(13-14-11)10-4-6-12(19-10)20(17,18)15-7-1-2-8-15/h3-6H,1-2,7-8H2,(H,14,16). The largest absolute Gasteiger partial charge is 0.442 e. The van der Waals surface area contributed by atoms with Crippen molar-refractivity contribution in [1.82, 2.24) is 14.5 Å². The number of aromatic nitrogens is 2. The predicted octanol–water partition coefficient (Wildman–Crippen LogP) is 0.814. The third-order valence-corrected chi connectivity index (χ3v) is 4.94. The Hall–Kier alpha value is -1.93. The predicted molar refractivity (Wildman–Crippen MR) is 70.6 cm³/mol. The number of aromatic amines is 1. The molecule has 0 bridgehead atoms. The van der Waals surface area contributed by atoms with Gasteiger partial charge in [-0.25, -0.2) is 13.5 Å². The number of sulfonamides is 1. The number of furan rings is 1. The second-order valence-corrected chi connectivity index (χ2v) is 6.41. The Bertz CT molecular complexity index is 752. The summed E-state index contributed by atoms with van der Waals surface area (Å²) >= 11 is 0. The second kappa shape index (κ2) is 4.88. The molecule has 0 amide bonds. The van der Waals surface area contributed by atoms with Gasteiger partial charge in [0, 0.05) is 19.2 Å². The minimum Gasteiger partial charge on any atom is -0.442 e. The highest BCUT2D eigenvalue weighted by Gasteiger charge is 2.30. The van der Waals surface area contributed by atoms with E-state index in [0.717, 1.165) is 12.8 Å². The van der Waals surface area contributed by atoms with Crippen molar-refractivity contribution in [3.05, 3.63) is 34.6 Å². The van der Waals surface area contributed by atoms with E-state index in [0.29, 0.717) is 24.5 Å². The summed E-state index contributed by atoms with van der Waals surface area (Å²) in [6, 6.07) is 5.72. The topological polar surface area (TPSA) is 96.3 Å². The van der Waals surface area contributed by atoms with Crippen molar-refractivity contribution < 1.29 is 12.8 Å². The molecule has 0 aromatic carbocycles. The molecule has 0 unspecified atom stereocenters. The van der Waals surface area contributed by atoms with E-state index in [1.165, 1.54) is 28.6 Å². The summed E-state index contributed by atoms with van der Waals surface area (Å²) < 4.78 is 31.4. The smallest absolute Gasteiger partial charge is 0.276 e. The van der Waals surface area contributed by atoms with Crippen LogP contribution in [-0.2, 0) is 10.0 Å². The van der Waals surface area contributed by atoms with Gasteiger partial charge in [0.15, 0.2) is 5.76 Å². The van der Waals surface area contributed by atoms with Crippen LogP contribution in [0.2, 0.25) is 0 Å². The lowest BCUT2D eigenvalue weighted by Crippen LogP contribution is -2.27. The summed E-state index contributed by atoms with van der Waals surface area (Å²) in [5.41, 5.74) is 0.0534. The van der Waals surface area contributed by atoms with Crippen LogP contribution >= 0.6 is 0 Å². The molecule has 106 valence electrons. The maximum atomic E-state index is 12.3. The molecule has 2 aromatic rings. The average molecular weight is 295 g/mol. The SMILES string of the molecule is O=c1ccc(-c2ccc(S(=O)(=O)N3CCCC3)o2)n[nH]1. The molecule has 1 N–H and O–H groups in total. The molecule has 7 nitrogen and oxygen atoms in total. The summed E-state index contributed by atoms with van der Waals surface area (Å²) in [4.78, 5) is 10.9. The summed E-state index contributed by atoms with van der Waals surface area (Å²) in [5, 5.41) is 5.98. The number of hydrogen-bond acceptors (Lipinski definition) is 5. The van der Waals surface area contributed by atoms with E-state index in [-0.39, 0.29) is 10.7 Å². The van der Waals surface area contributed by atoms with Gasteiger partial charge in [-0.1, -0.05) is 0 Å². The van der Waals surface area contributed by atoms with E-state index in [1.54, 1.807) is 0 Å². The van der Waals surface area contributed by atoms with Crippen LogP contribution < -0.4 is 5.56 Å². The van der Waals surface area contributed by atoms with Crippen molar-refractivity contribution in [2.24, 2.45) is 0 Å². The molecule has 20 heavy (non-hydrogen) atoms. The first-order chi connectivity index (χ1) is 9.57. The van der Waals surface area contributed by atoms with Gasteiger partial charge in [-0.05, 0) is 31.0 Å². The number of H-pyrrole nitrogens is 1. The van der Waals surface area contributed by atoms with Crippen LogP contribution in [0.5, 0.6) is 0 Å². The summed E-state index contributed by atoms with van der Waals surface area (Å²) in [7, 11) is -3.57. The third kappa shape index (κ3) is 2.27. The van der Waals surface area contributed by atoms with Gasteiger partial charge < -0.3 is 4.42 Å². The Morgan fingerprint density at radius 3 is 2.55 bits per heavy atom. The Morgan fingerprint density at radius 1 is 1.15 bits per heavy atom. The van der Waals surface area contributed by atoms with Gasteiger partial charge in [0.1, 0.15) is 5.69 Å². The van der Waals surface area contributed by atoms with Crippen LogP contribution in [0.3, 0.4) is 0 Å². The highest BCUT2D eigenvalue weighted by atomic mass is 32.2. The first-order valence-corrected chi connectivity index (χ1v) is 7.67. The number of nitrogens with zero attached hydrogens (tertiary/aromatic N) is 2. The molecule has 0 spiro atoms. The van der Waals surface area contributed by atoms with E-state index < -0.39 is 10.0 Å². The highest BCUT2D eigenvalue weighted by molar-refractivity contribution is 7.89. The van der Waals surface area contributed by atoms with Crippen molar-refractivity contribution in [1.29, 1.82) is 0 Å². The van der Waals surface area contributed by atoms with Crippen molar-refractivity contribution in [3.63, 3.8) is 0 Å². The summed E-state index contributed by atoms with van der Waals surface area (Å²) in [6.07, 6.45) is 1.74. The van der Waals surface area contributed by atoms with Gasteiger partial charge in [-0.3, -0.25) is 4.79 Å². The van der Waals surface area contributed by atoms with E-state index >= 15 is 0 Å². The zero-order valence-corrected chi connectivity index (χ0v) is 11.4. The first-order valence-electron chi connectivity index (χ1n) is 6.23. The molecule has 0 saturated carbocycles. The zero-order valence-electron chi connectivity index (χ0n) is 10.6. The molecule has 1 aliphatic rings. The molecule has 3 heterocycles. The van der Waals surface area contributed by atoms with E-state index in [1.807, 2.05) is 0 Å². The van der Waals surface area contributed by atoms with Gasteiger partial charge in [-0.2, -0.15) is 9.40 Å². The van der Waals surface area contributed by atoms with Gasteiger partial charge >= 0.3 is 0 Å². The van der Waals surface area contributed by atoms with Crippen LogP contribution in [0, 0.1) is 0 Å². The monoisotopic (exact) mass is 295 g/mol. The first kappa shape index (κ1) is 13.1. The maximum Gasteiger partial charge on any atom is 0.276 e. The Labute approximate surface area is 115 Å². The summed E-state index contributed by atoms with van der Waals surface area (Å²) in [5.74, 6) is 0.305. The lowest BCUT2D eigenvalue weighted by molar-refractivity contribution is 0.417. The Kier molecular flexibility index (Phi) is 3.19. The van der Waals surface area contributed by atoms with Crippen LogP contribution in [0.15, 0.2) is 38.6 Å². The van der Waals surface area contributed by atoms with Gasteiger partial charge in [-0.15, -0.1) is 0 Å². The molecule has 1 aliphatic heterocycles. The Morgan fingerprint density at radius 2 is 1.90 bits per heavy atom. The second-order valence-electron chi connectivity index (χ2n) is 4.54. The third-order valence-electron chi connectivity index (χ3n) is 3.17. The van der Waals surface area contributed by atoms with Gasteiger partial charge in [0.2, 0.25) is 5.09 Å². The fourth-order valence-electron chi connectivity index (χ4n) is 2.13. The quantitative estimate of drug-likeness (QED) is 0.904. The van der Waals surface area contributed by atoms with E-state index in [4.69, 9.17) is 4.42 Å². The van der Waals surface area contributed by atoms with Gasteiger partial charge in [0.25, 0.3) is 15.6 Å². The van der Waals surface area contributed by atoms with Crippen LogP contribution in [-0.4, -0.2) is 36.0 Å². The van der Waals surface area contributed by atoms with Gasteiger partial charge in [0.05, 0.1) is 0 Å². The molecule has 0 radical (unpaired) electrons. The average Bonchev–Trinajstić information content (AvgIpc) is 3.12. The minimum absolute atomic E-state index is 0.0950. The van der Waals surface area contributed by atoms with Crippen molar-refractivity contribution >= 4 is 10.0 Å². The van der Waals surface area contributed by atoms with Crippen LogP contribution in [0.1, 0.15) is 12.8 Å². The highest BCUT2D eigenvalue weighted by Crippen LogP contribution is 2.26. The molecule has 1 fully saturated rings. The van der Waals surface area contributed by atoms with Crippen molar-refractivity contribution in [2.45, 2.75) is 17.9 Å². The van der Waals surface area contributed by atoms with Crippen molar-refractivity contribution in [3.8, 4) is 11.5 Å². The van der Waals surface area contributed by atoms with E-state index in [2.05, 4.69) is 10.2 Å².